The van der Waals surface area contributed by atoms with Gasteiger partial charge in [-0.2, -0.15) is 0 Å². The third-order valence-corrected chi connectivity index (χ3v) is 13.7. The Balaban J connectivity index is 0.965. The van der Waals surface area contributed by atoms with Crippen molar-refractivity contribution in [3.63, 3.8) is 0 Å². The zero-order chi connectivity index (χ0) is 37.5. The average Bonchev–Trinajstić information content (AvgIpc) is 3.82. The topological polar surface area (TPSA) is 16.1 Å². The number of pyridine rings is 1. The summed E-state index contributed by atoms with van der Waals surface area (Å²) < 4.78 is 5.31. The van der Waals surface area contributed by atoms with Crippen LogP contribution in [0.1, 0.15) is 0 Å². The van der Waals surface area contributed by atoms with E-state index in [1.54, 1.807) is 0 Å². The average molecular weight is 761 g/mol. The highest BCUT2D eigenvalue weighted by Crippen LogP contribution is 2.43. The molecule has 0 bridgehead atoms. The quantitative estimate of drug-likeness (QED) is 0.174. The molecule has 0 atom stereocenters. The van der Waals surface area contributed by atoms with Crippen molar-refractivity contribution in [3.05, 3.63) is 194 Å². The molecule has 9 aromatic carbocycles. The number of benzene rings is 9. The van der Waals surface area contributed by atoms with Gasteiger partial charge in [-0.1, -0.05) is 97.1 Å². The van der Waals surface area contributed by atoms with Gasteiger partial charge in [0.2, 0.25) is 0 Å². The Hall–Kier alpha value is -6.85. The number of nitrogens with zero attached hydrogens (tertiary/aromatic N) is 2. The van der Waals surface area contributed by atoms with Gasteiger partial charge in [-0.3, -0.25) is 4.98 Å². The normalized spacial score (nSPS) is 11.9. The number of aromatic nitrogens is 1. The Morgan fingerprint density at radius 3 is 1.42 bits per heavy atom. The minimum Gasteiger partial charge on any atom is -0.310 e. The molecule has 0 radical (unpaired) electrons. The van der Waals surface area contributed by atoms with Crippen LogP contribution in [0.15, 0.2) is 194 Å². The van der Waals surface area contributed by atoms with E-state index in [1.165, 1.54) is 84.1 Å². The molecule has 12 aromatic rings. The van der Waals surface area contributed by atoms with Crippen molar-refractivity contribution in [1.29, 1.82) is 0 Å². The second kappa shape index (κ2) is 12.9. The largest absolute Gasteiger partial charge is 0.310 e. The summed E-state index contributed by atoms with van der Waals surface area (Å²) in [7, 11) is 0. The zero-order valence-corrected chi connectivity index (χ0v) is 32.3. The Kier molecular flexibility index (Phi) is 7.31. The molecule has 3 aromatic heterocycles. The van der Waals surface area contributed by atoms with Gasteiger partial charge in [-0.05, 0) is 135 Å². The fourth-order valence-electron chi connectivity index (χ4n) is 8.55. The fraction of sp³-hybridized carbons (Fsp3) is 0. The molecule has 0 N–H and O–H groups in total. The van der Waals surface area contributed by atoms with Crippen LogP contribution in [0.25, 0.3) is 95.0 Å². The van der Waals surface area contributed by atoms with E-state index >= 15 is 0 Å². The van der Waals surface area contributed by atoms with Crippen molar-refractivity contribution in [1.82, 2.24) is 4.98 Å². The van der Waals surface area contributed by atoms with Gasteiger partial charge in [-0.15, -0.1) is 22.7 Å². The van der Waals surface area contributed by atoms with E-state index < -0.39 is 0 Å². The number of hydrogen-bond donors (Lipinski definition) is 0. The molecule has 0 spiro atoms. The first-order valence-electron chi connectivity index (χ1n) is 19.2. The van der Waals surface area contributed by atoms with Gasteiger partial charge in [0.15, 0.2) is 0 Å². The molecule has 3 heterocycles. The molecule has 4 heteroatoms. The van der Waals surface area contributed by atoms with Crippen LogP contribution < -0.4 is 4.90 Å². The highest BCUT2D eigenvalue weighted by Gasteiger charge is 2.16. The van der Waals surface area contributed by atoms with Crippen molar-refractivity contribution >= 4 is 113 Å². The maximum absolute atomic E-state index is 4.49. The van der Waals surface area contributed by atoms with Crippen molar-refractivity contribution in [2.24, 2.45) is 0 Å². The van der Waals surface area contributed by atoms with E-state index in [4.69, 9.17) is 0 Å². The van der Waals surface area contributed by atoms with E-state index in [1.807, 2.05) is 34.9 Å². The lowest BCUT2D eigenvalue weighted by Crippen LogP contribution is -2.09. The van der Waals surface area contributed by atoms with Gasteiger partial charge < -0.3 is 4.90 Å². The van der Waals surface area contributed by atoms with Crippen molar-refractivity contribution in [2.45, 2.75) is 0 Å². The second-order valence-electron chi connectivity index (χ2n) is 14.8. The van der Waals surface area contributed by atoms with Crippen LogP contribution in [0, 0.1) is 0 Å². The van der Waals surface area contributed by atoms with Crippen LogP contribution in [0.3, 0.4) is 0 Å². The lowest BCUT2D eigenvalue weighted by atomic mass is 9.99. The molecule has 0 amide bonds. The van der Waals surface area contributed by atoms with Gasteiger partial charge in [0.1, 0.15) is 0 Å². The summed E-state index contributed by atoms with van der Waals surface area (Å²) in [4.78, 5) is 6.90. The zero-order valence-electron chi connectivity index (χ0n) is 30.7. The molecule has 0 saturated heterocycles. The molecule has 0 aliphatic rings. The molecular formula is C53H32N2S2. The predicted octanol–water partition coefficient (Wildman–Crippen LogP) is 16.1. The predicted molar refractivity (Wildman–Crippen MR) is 248 cm³/mol. The van der Waals surface area contributed by atoms with Gasteiger partial charge >= 0.3 is 0 Å². The van der Waals surface area contributed by atoms with E-state index in [9.17, 15) is 0 Å². The molecular weight excluding hydrogens is 729 g/mol. The van der Waals surface area contributed by atoms with Crippen LogP contribution in [0.4, 0.5) is 17.1 Å². The van der Waals surface area contributed by atoms with Crippen molar-refractivity contribution < 1.29 is 0 Å². The van der Waals surface area contributed by atoms with Gasteiger partial charge in [0.25, 0.3) is 0 Å². The molecule has 0 aliphatic carbocycles. The summed E-state index contributed by atoms with van der Waals surface area (Å²) in [5, 5.41) is 11.4. The Morgan fingerprint density at radius 1 is 0.316 bits per heavy atom. The molecule has 12 rings (SSSR count). The van der Waals surface area contributed by atoms with Gasteiger partial charge in [0, 0.05) is 69.0 Å². The molecule has 266 valence electrons. The maximum atomic E-state index is 4.49. The molecule has 0 unspecified atom stereocenters. The summed E-state index contributed by atoms with van der Waals surface area (Å²) in [6, 6.07) is 69.3. The van der Waals surface area contributed by atoms with Gasteiger partial charge in [-0.25, -0.2) is 0 Å². The molecule has 0 saturated carbocycles. The number of fused-ring (bicyclic) bond motifs is 9. The van der Waals surface area contributed by atoms with Crippen LogP contribution in [0.2, 0.25) is 0 Å². The SMILES string of the molecule is c1cnc2ccc(-c3ccc(-c4ccc(N(c5ccc6cc7sc8ccccc8c7cc6c5)c5ccc6cc7sc8ccccc8c7cc6c5)cc4)cc3)cc2c1. The number of rotatable bonds is 5. The van der Waals surface area contributed by atoms with E-state index in [-0.39, 0.29) is 0 Å². The minimum absolute atomic E-state index is 1.01. The highest BCUT2D eigenvalue weighted by atomic mass is 32.1. The lowest BCUT2D eigenvalue weighted by Gasteiger charge is -2.26. The smallest absolute Gasteiger partial charge is 0.0702 e. The number of hydrogen-bond acceptors (Lipinski definition) is 4. The molecule has 2 nitrogen and oxygen atoms in total. The standard InChI is InChI=1S/C53H32N2S2/c1-3-9-50-45(7-1)47-29-40-27-43(22-17-37(40)31-52(47)56-50)55(44-23-18-38-32-53-48(30-41(38)28-44)46-8-2-4-10-51(46)57-53)42-20-15-34(16-21-42)33-11-13-35(14-12-33)36-19-24-49-39(26-36)6-5-25-54-49/h1-32H. The monoisotopic (exact) mass is 760 g/mol. The summed E-state index contributed by atoms with van der Waals surface area (Å²) >= 11 is 3.74. The minimum atomic E-state index is 1.01. The second-order valence-corrected chi connectivity index (χ2v) is 17.0. The summed E-state index contributed by atoms with van der Waals surface area (Å²) in [6.07, 6.45) is 1.84. The first kappa shape index (κ1) is 32.4. The van der Waals surface area contributed by atoms with Crippen molar-refractivity contribution in [2.75, 3.05) is 4.90 Å². The van der Waals surface area contributed by atoms with Crippen LogP contribution in [-0.4, -0.2) is 4.98 Å². The molecule has 57 heavy (non-hydrogen) atoms. The molecule has 0 fully saturated rings. The van der Waals surface area contributed by atoms with E-state index in [0.717, 1.165) is 28.0 Å². The Bertz CT molecular complexity index is 3370. The third kappa shape index (κ3) is 5.48. The number of anilines is 3. The first-order chi connectivity index (χ1) is 28.2. The summed E-state index contributed by atoms with van der Waals surface area (Å²) in [5.74, 6) is 0. The van der Waals surface area contributed by atoms with E-state index in [2.05, 4.69) is 192 Å². The van der Waals surface area contributed by atoms with Crippen LogP contribution in [0.5, 0.6) is 0 Å². The Labute approximate surface area is 337 Å². The fourth-order valence-corrected chi connectivity index (χ4v) is 10.8. The van der Waals surface area contributed by atoms with Crippen molar-refractivity contribution in [3.8, 4) is 22.3 Å². The molecule has 0 aliphatic heterocycles. The lowest BCUT2D eigenvalue weighted by molar-refractivity contribution is 1.29. The Morgan fingerprint density at radius 2 is 0.825 bits per heavy atom. The maximum Gasteiger partial charge on any atom is 0.0702 e. The van der Waals surface area contributed by atoms with E-state index in [0.29, 0.717) is 0 Å². The summed E-state index contributed by atoms with van der Waals surface area (Å²) in [6.45, 7) is 0. The first-order valence-corrected chi connectivity index (χ1v) is 20.9. The number of thiophene rings is 2. The van der Waals surface area contributed by atoms with Crippen LogP contribution in [-0.2, 0) is 0 Å². The highest BCUT2D eigenvalue weighted by molar-refractivity contribution is 7.26. The van der Waals surface area contributed by atoms with Crippen LogP contribution >= 0.6 is 22.7 Å². The van der Waals surface area contributed by atoms with Gasteiger partial charge in [0.05, 0.1) is 5.52 Å². The summed E-state index contributed by atoms with van der Waals surface area (Å²) in [5.41, 5.74) is 9.15. The third-order valence-electron chi connectivity index (χ3n) is 11.4.